The van der Waals surface area contributed by atoms with E-state index in [1.807, 2.05) is 30.3 Å². The highest BCUT2D eigenvalue weighted by Gasteiger charge is 2.18. The molecule has 0 saturated carbocycles. The lowest BCUT2D eigenvalue weighted by molar-refractivity contribution is 0.0474. The molecule has 0 spiro atoms. The van der Waals surface area contributed by atoms with Crippen LogP contribution in [0.25, 0.3) is 21.7 Å². The van der Waals surface area contributed by atoms with Gasteiger partial charge in [-0.25, -0.2) is 23.1 Å². The Kier molecular flexibility index (Phi) is 5.07. The van der Waals surface area contributed by atoms with Crippen molar-refractivity contribution in [2.45, 2.75) is 11.5 Å². The number of fused-ring (bicyclic) bond motifs is 3. The average Bonchev–Trinajstić information content (AvgIpc) is 2.70. The Morgan fingerprint density at radius 3 is 2.60 bits per heavy atom. The molecule has 0 aliphatic carbocycles. The van der Waals surface area contributed by atoms with E-state index in [1.54, 1.807) is 6.07 Å². The Hall–Kier alpha value is -3.20. The lowest BCUT2D eigenvalue weighted by Gasteiger charge is -2.11. The van der Waals surface area contributed by atoms with Crippen LogP contribution in [0.2, 0.25) is 5.02 Å². The van der Waals surface area contributed by atoms with Crippen molar-refractivity contribution in [2.24, 2.45) is 5.14 Å². The fourth-order valence-electron chi connectivity index (χ4n) is 3.19. The van der Waals surface area contributed by atoms with Crippen molar-refractivity contribution in [3.8, 4) is 0 Å². The number of benzene rings is 3. The van der Waals surface area contributed by atoms with E-state index < -0.39 is 21.6 Å². The standard InChI is InChI=1S/C21H14ClNO6S/c22-17-7-6-14(30(23,26)27)10-16(17)21(25)28-11-13-9-19(24)29-18-8-5-12-3-1-2-4-15(12)20(13)18/h1-10H,11H2,(H2,23,26,27). The zero-order valence-corrected chi connectivity index (χ0v) is 16.9. The molecule has 0 aliphatic rings. The Balaban J connectivity index is 1.73. The van der Waals surface area contributed by atoms with Gasteiger partial charge >= 0.3 is 11.6 Å². The molecule has 7 nitrogen and oxygen atoms in total. The van der Waals surface area contributed by atoms with Gasteiger partial charge in [0.05, 0.1) is 15.5 Å². The Bertz CT molecular complexity index is 1480. The van der Waals surface area contributed by atoms with Crippen LogP contribution >= 0.6 is 11.6 Å². The maximum absolute atomic E-state index is 12.6. The fraction of sp³-hybridized carbons (Fsp3) is 0.0476. The molecule has 3 aromatic carbocycles. The molecule has 1 heterocycles. The Morgan fingerprint density at radius 1 is 1.07 bits per heavy atom. The molecule has 152 valence electrons. The Labute approximate surface area is 175 Å². The van der Waals surface area contributed by atoms with Crippen LogP contribution < -0.4 is 10.8 Å². The van der Waals surface area contributed by atoms with Crippen molar-refractivity contribution in [3.05, 3.63) is 87.2 Å². The van der Waals surface area contributed by atoms with Gasteiger partial charge in [-0.3, -0.25) is 0 Å². The first-order valence-corrected chi connectivity index (χ1v) is 10.6. The van der Waals surface area contributed by atoms with E-state index in [1.165, 1.54) is 18.2 Å². The highest BCUT2D eigenvalue weighted by molar-refractivity contribution is 7.89. The highest BCUT2D eigenvalue weighted by Crippen LogP contribution is 2.28. The van der Waals surface area contributed by atoms with E-state index in [4.69, 9.17) is 25.9 Å². The zero-order chi connectivity index (χ0) is 21.5. The summed E-state index contributed by atoms with van der Waals surface area (Å²) in [6.45, 7) is -0.245. The molecule has 0 aliphatic heterocycles. The molecule has 0 atom stereocenters. The summed E-state index contributed by atoms with van der Waals surface area (Å²) >= 11 is 6.02. The van der Waals surface area contributed by atoms with Gasteiger partial charge in [-0.2, -0.15) is 0 Å². The lowest BCUT2D eigenvalue weighted by atomic mass is 10.0. The predicted molar refractivity (Wildman–Crippen MR) is 112 cm³/mol. The molecule has 0 unspecified atom stereocenters. The molecule has 0 bridgehead atoms. The van der Waals surface area contributed by atoms with E-state index >= 15 is 0 Å². The van der Waals surface area contributed by atoms with E-state index in [0.29, 0.717) is 16.5 Å². The number of halogens is 1. The maximum atomic E-state index is 12.6. The molecule has 9 heteroatoms. The van der Waals surface area contributed by atoms with Crippen LogP contribution in [0.5, 0.6) is 0 Å². The molecule has 2 N–H and O–H groups in total. The summed E-state index contributed by atoms with van der Waals surface area (Å²) < 4.78 is 33.7. The SMILES string of the molecule is NS(=O)(=O)c1ccc(Cl)c(C(=O)OCc2cc(=O)oc3ccc4ccccc4c23)c1. The number of carbonyl (C=O) groups is 1. The second-order valence-electron chi connectivity index (χ2n) is 6.51. The van der Waals surface area contributed by atoms with Crippen LogP contribution in [0, 0.1) is 0 Å². The average molecular weight is 444 g/mol. The van der Waals surface area contributed by atoms with E-state index in [2.05, 4.69) is 0 Å². The van der Waals surface area contributed by atoms with Gasteiger partial charge in [-0.1, -0.05) is 41.9 Å². The summed E-state index contributed by atoms with van der Waals surface area (Å²) in [5, 5.41) is 7.52. The minimum Gasteiger partial charge on any atom is -0.457 e. The maximum Gasteiger partial charge on any atom is 0.340 e. The minimum atomic E-state index is -4.02. The summed E-state index contributed by atoms with van der Waals surface area (Å²) in [5.74, 6) is -0.855. The van der Waals surface area contributed by atoms with Gasteiger partial charge in [0.15, 0.2) is 0 Å². The number of sulfonamides is 1. The van der Waals surface area contributed by atoms with E-state index in [0.717, 1.165) is 16.8 Å². The molecule has 0 amide bonds. The van der Waals surface area contributed by atoms with Crippen LogP contribution in [0.4, 0.5) is 0 Å². The first-order chi connectivity index (χ1) is 14.2. The van der Waals surface area contributed by atoms with Gasteiger partial charge in [0, 0.05) is 17.0 Å². The number of rotatable bonds is 4. The molecule has 4 rings (SSSR count). The molecule has 30 heavy (non-hydrogen) atoms. The van der Waals surface area contributed by atoms with Gasteiger partial charge in [-0.05, 0) is 35.0 Å². The minimum absolute atomic E-state index is 0.00952. The van der Waals surface area contributed by atoms with E-state index in [9.17, 15) is 18.0 Å². The largest absolute Gasteiger partial charge is 0.457 e. The molecule has 4 aromatic rings. The van der Waals surface area contributed by atoms with Crippen LogP contribution in [0.1, 0.15) is 15.9 Å². The third kappa shape index (κ3) is 3.80. The second-order valence-corrected chi connectivity index (χ2v) is 8.48. The number of hydrogen-bond acceptors (Lipinski definition) is 6. The van der Waals surface area contributed by atoms with Crippen LogP contribution in [0.3, 0.4) is 0 Å². The Morgan fingerprint density at radius 2 is 1.83 bits per heavy atom. The molecular formula is C21H14ClNO6S. The number of esters is 1. The molecule has 1 aromatic heterocycles. The molecule has 0 fully saturated rings. The van der Waals surface area contributed by atoms with Crippen molar-refractivity contribution >= 4 is 49.3 Å². The summed E-state index contributed by atoms with van der Waals surface area (Å²) in [4.78, 5) is 24.2. The van der Waals surface area contributed by atoms with Gasteiger partial charge in [0.1, 0.15) is 12.2 Å². The summed E-state index contributed by atoms with van der Waals surface area (Å²) in [5.41, 5.74) is 0.0741. The normalized spacial score (nSPS) is 11.7. The monoisotopic (exact) mass is 443 g/mol. The molecule has 0 radical (unpaired) electrons. The van der Waals surface area contributed by atoms with Crippen LogP contribution in [-0.2, 0) is 21.4 Å². The van der Waals surface area contributed by atoms with Crippen LogP contribution in [0.15, 0.2) is 74.8 Å². The fourth-order valence-corrected chi connectivity index (χ4v) is 3.93. The summed E-state index contributed by atoms with van der Waals surface area (Å²) in [7, 11) is -4.02. The molecular weight excluding hydrogens is 430 g/mol. The number of primary sulfonamides is 1. The summed E-state index contributed by atoms with van der Waals surface area (Å²) in [6.07, 6.45) is 0. The smallest absolute Gasteiger partial charge is 0.340 e. The first-order valence-electron chi connectivity index (χ1n) is 8.68. The van der Waals surface area contributed by atoms with Crippen molar-refractivity contribution in [1.29, 1.82) is 0 Å². The second kappa shape index (κ2) is 7.56. The first kappa shape index (κ1) is 20.1. The topological polar surface area (TPSA) is 117 Å². The summed E-state index contributed by atoms with van der Waals surface area (Å²) in [6, 6.07) is 15.8. The van der Waals surface area contributed by atoms with Gasteiger partial charge in [0.25, 0.3) is 0 Å². The zero-order valence-electron chi connectivity index (χ0n) is 15.3. The number of ether oxygens (including phenoxy) is 1. The van der Waals surface area contributed by atoms with Gasteiger partial charge in [0.2, 0.25) is 10.0 Å². The number of carbonyl (C=O) groups excluding carboxylic acids is 1. The predicted octanol–water partition coefficient (Wildman–Crippen LogP) is 3.60. The van der Waals surface area contributed by atoms with E-state index in [-0.39, 0.29) is 22.1 Å². The third-order valence-corrected chi connectivity index (χ3v) is 5.80. The van der Waals surface area contributed by atoms with Crippen molar-refractivity contribution in [3.63, 3.8) is 0 Å². The van der Waals surface area contributed by atoms with Crippen molar-refractivity contribution < 1.29 is 22.4 Å². The van der Waals surface area contributed by atoms with Crippen molar-refractivity contribution in [1.82, 2.24) is 0 Å². The van der Waals surface area contributed by atoms with Gasteiger partial charge < -0.3 is 9.15 Å². The molecule has 0 saturated heterocycles. The lowest BCUT2D eigenvalue weighted by Crippen LogP contribution is -2.14. The third-order valence-electron chi connectivity index (χ3n) is 4.56. The highest BCUT2D eigenvalue weighted by atomic mass is 35.5. The van der Waals surface area contributed by atoms with Crippen LogP contribution in [-0.4, -0.2) is 14.4 Å². The quantitative estimate of drug-likeness (QED) is 0.292. The van der Waals surface area contributed by atoms with Gasteiger partial charge in [-0.15, -0.1) is 0 Å². The van der Waals surface area contributed by atoms with Crippen molar-refractivity contribution in [2.75, 3.05) is 0 Å². The number of nitrogens with two attached hydrogens (primary N) is 1. The number of hydrogen-bond donors (Lipinski definition) is 1.